The van der Waals surface area contributed by atoms with Crippen molar-refractivity contribution >= 4 is 0 Å². The fraction of sp³-hybridized carbons (Fsp3) is 0.444. The molecule has 1 heterocycles. The van der Waals surface area contributed by atoms with E-state index in [-0.39, 0.29) is 6.54 Å². The van der Waals surface area contributed by atoms with Crippen molar-refractivity contribution < 1.29 is 10.2 Å². The summed E-state index contributed by atoms with van der Waals surface area (Å²) in [4.78, 5) is 6.48. The zero-order valence-corrected chi connectivity index (χ0v) is 8.28. The van der Waals surface area contributed by atoms with E-state index >= 15 is 0 Å². The molecule has 2 unspecified atom stereocenters. The first kappa shape index (κ1) is 11.5. The summed E-state index contributed by atoms with van der Waals surface area (Å²) in [5.74, 6) is 0. The number of aliphatic hydroxyl groups excluding tert-OH is 2. The van der Waals surface area contributed by atoms with Crippen molar-refractivity contribution in [2.45, 2.75) is 19.1 Å². The molecule has 80 valence electrons. The molecule has 0 saturated heterocycles. The first-order chi connectivity index (χ1) is 7.15. The van der Waals surface area contributed by atoms with Crippen molar-refractivity contribution in [2.24, 2.45) is 5.11 Å². The predicted octanol–water partition coefficient (Wildman–Crippen LogP) is 1.09. The molecule has 0 aliphatic rings. The van der Waals surface area contributed by atoms with E-state index in [4.69, 9.17) is 5.53 Å². The highest BCUT2D eigenvalue weighted by Crippen LogP contribution is 2.17. The lowest BCUT2D eigenvalue weighted by atomic mass is 10.1. The Labute approximate surface area is 86.8 Å². The summed E-state index contributed by atoms with van der Waals surface area (Å²) in [7, 11) is 0. The second kappa shape index (κ2) is 5.31. The number of rotatable bonds is 4. The Morgan fingerprint density at radius 2 is 2.33 bits per heavy atom. The Morgan fingerprint density at radius 1 is 1.60 bits per heavy atom. The predicted molar refractivity (Wildman–Crippen MR) is 54.0 cm³/mol. The van der Waals surface area contributed by atoms with Crippen molar-refractivity contribution in [1.82, 2.24) is 4.98 Å². The van der Waals surface area contributed by atoms with Crippen LogP contribution in [0.5, 0.6) is 0 Å². The van der Waals surface area contributed by atoms with Crippen LogP contribution >= 0.6 is 0 Å². The molecule has 0 bridgehead atoms. The van der Waals surface area contributed by atoms with Crippen molar-refractivity contribution in [2.75, 3.05) is 6.54 Å². The lowest BCUT2D eigenvalue weighted by Crippen LogP contribution is -2.21. The van der Waals surface area contributed by atoms with Gasteiger partial charge in [-0.05, 0) is 30.2 Å². The molecule has 6 nitrogen and oxygen atoms in total. The van der Waals surface area contributed by atoms with Crippen molar-refractivity contribution in [3.8, 4) is 0 Å². The van der Waals surface area contributed by atoms with Crippen molar-refractivity contribution in [3.05, 3.63) is 40.0 Å². The van der Waals surface area contributed by atoms with E-state index in [0.29, 0.717) is 5.56 Å². The van der Waals surface area contributed by atoms with E-state index in [1.54, 1.807) is 25.3 Å². The van der Waals surface area contributed by atoms with E-state index in [1.165, 1.54) is 0 Å². The highest BCUT2D eigenvalue weighted by molar-refractivity contribution is 5.19. The molecule has 0 aliphatic carbocycles. The van der Waals surface area contributed by atoms with Crippen LogP contribution in [0.3, 0.4) is 0 Å². The van der Waals surface area contributed by atoms with Crippen LogP contribution in [0, 0.1) is 6.92 Å². The van der Waals surface area contributed by atoms with Crippen LogP contribution in [-0.4, -0.2) is 27.8 Å². The number of aromatic nitrogens is 1. The van der Waals surface area contributed by atoms with Crippen LogP contribution in [0.15, 0.2) is 23.4 Å². The van der Waals surface area contributed by atoms with Crippen molar-refractivity contribution in [3.63, 3.8) is 0 Å². The van der Waals surface area contributed by atoms with Gasteiger partial charge < -0.3 is 10.2 Å². The average molecular weight is 208 g/mol. The molecular formula is C9H12N4O2. The van der Waals surface area contributed by atoms with E-state index in [1.807, 2.05) is 0 Å². The molecule has 1 aromatic heterocycles. The zero-order valence-electron chi connectivity index (χ0n) is 8.28. The summed E-state index contributed by atoms with van der Waals surface area (Å²) in [5, 5.41) is 22.3. The summed E-state index contributed by atoms with van der Waals surface area (Å²) < 4.78 is 0. The molecule has 6 heteroatoms. The molecule has 0 radical (unpaired) electrons. The van der Waals surface area contributed by atoms with E-state index in [0.717, 1.165) is 5.69 Å². The van der Waals surface area contributed by atoms with Crippen LogP contribution in [0.1, 0.15) is 17.4 Å². The Kier molecular flexibility index (Phi) is 4.05. The molecule has 0 amide bonds. The van der Waals surface area contributed by atoms with Gasteiger partial charge in [0.2, 0.25) is 0 Å². The molecule has 0 aliphatic heterocycles. The van der Waals surface area contributed by atoms with E-state index in [2.05, 4.69) is 15.0 Å². The molecule has 15 heavy (non-hydrogen) atoms. The highest BCUT2D eigenvalue weighted by Gasteiger charge is 2.17. The lowest BCUT2D eigenvalue weighted by Gasteiger charge is -2.16. The first-order valence-electron chi connectivity index (χ1n) is 4.44. The van der Waals surface area contributed by atoms with Gasteiger partial charge in [-0.3, -0.25) is 4.98 Å². The molecule has 0 fully saturated rings. The Hall–Kier alpha value is -1.62. The number of pyridine rings is 1. The van der Waals surface area contributed by atoms with Crippen LogP contribution in [0.2, 0.25) is 0 Å². The van der Waals surface area contributed by atoms with Gasteiger partial charge in [-0.15, -0.1) is 0 Å². The Bertz CT molecular complexity index is 376. The molecule has 0 aromatic carbocycles. The minimum atomic E-state index is -1.09. The third-order valence-corrected chi connectivity index (χ3v) is 1.96. The van der Waals surface area contributed by atoms with Crippen LogP contribution in [0.25, 0.3) is 10.4 Å². The smallest absolute Gasteiger partial charge is 0.105 e. The summed E-state index contributed by atoms with van der Waals surface area (Å²) in [6.45, 7) is 1.63. The molecule has 0 saturated carbocycles. The fourth-order valence-corrected chi connectivity index (χ4v) is 1.19. The topological polar surface area (TPSA) is 102 Å². The second-order valence-electron chi connectivity index (χ2n) is 3.16. The molecule has 1 aromatic rings. The molecule has 2 atom stereocenters. The summed E-state index contributed by atoms with van der Waals surface area (Å²) in [6, 6.07) is 3.28. The van der Waals surface area contributed by atoms with Crippen LogP contribution in [0.4, 0.5) is 0 Å². The van der Waals surface area contributed by atoms with E-state index in [9.17, 15) is 10.2 Å². The lowest BCUT2D eigenvalue weighted by molar-refractivity contribution is 0.0243. The fourth-order valence-electron chi connectivity index (χ4n) is 1.19. The van der Waals surface area contributed by atoms with Gasteiger partial charge in [-0.1, -0.05) is 5.11 Å². The van der Waals surface area contributed by atoms with Gasteiger partial charge in [0.05, 0.1) is 12.6 Å². The maximum absolute atomic E-state index is 9.68. The average Bonchev–Trinajstić information content (AvgIpc) is 2.24. The largest absolute Gasteiger partial charge is 0.390 e. The molecule has 2 N–H and O–H groups in total. The summed E-state index contributed by atoms with van der Waals surface area (Å²) in [6.07, 6.45) is -0.603. The van der Waals surface area contributed by atoms with Gasteiger partial charge in [-0.2, -0.15) is 0 Å². The third kappa shape index (κ3) is 3.21. The Balaban J connectivity index is 2.75. The number of hydrogen-bond donors (Lipinski definition) is 2. The summed E-state index contributed by atoms with van der Waals surface area (Å²) >= 11 is 0. The van der Waals surface area contributed by atoms with Gasteiger partial charge in [0.1, 0.15) is 6.10 Å². The van der Waals surface area contributed by atoms with Gasteiger partial charge in [-0.25, -0.2) is 0 Å². The first-order valence-corrected chi connectivity index (χ1v) is 4.44. The van der Waals surface area contributed by atoms with Crippen molar-refractivity contribution in [1.29, 1.82) is 0 Å². The molecule has 1 rings (SSSR count). The number of hydrogen-bond acceptors (Lipinski definition) is 4. The van der Waals surface area contributed by atoms with Gasteiger partial charge in [0.15, 0.2) is 0 Å². The third-order valence-electron chi connectivity index (χ3n) is 1.96. The molecular weight excluding hydrogens is 196 g/mol. The van der Waals surface area contributed by atoms with Crippen LogP contribution in [-0.2, 0) is 0 Å². The van der Waals surface area contributed by atoms with E-state index < -0.39 is 12.2 Å². The van der Waals surface area contributed by atoms with Crippen LogP contribution < -0.4 is 0 Å². The summed E-state index contributed by atoms with van der Waals surface area (Å²) in [5.41, 5.74) is 9.38. The Morgan fingerprint density at radius 3 is 2.93 bits per heavy atom. The number of nitrogens with zero attached hydrogens (tertiary/aromatic N) is 4. The highest BCUT2D eigenvalue weighted by atomic mass is 16.3. The molecule has 0 spiro atoms. The normalized spacial score (nSPS) is 14.1. The minimum Gasteiger partial charge on any atom is -0.390 e. The SMILES string of the molecule is Cc1cc(C(O)C(O)CN=[N+]=[N-])ccn1. The quantitative estimate of drug-likeness (QED) is 0.440. The zero-order chi connectivity index (χ0) is 11.3. The minimum absolute atomic E-state index is 0.154. The van der Waals surface area contributed by atoms with Gasteiger partial charge in [0, 0.05) is 16.8 Å². The standard InChI is InChI=1S/C9H12N4O2/c1-6-4-7(2-3-11-6)9(15)8(14)5-12-13-10/h2-4,8-9,14-15H,5H2,1H3. The van der Waals surface area contributed by atoms with Gasteiger partial charge >= 0.3 is 0 Å². The number of aryl methyl sites for hydroxylation is 1. The second-order valence-corrected chi connectivity index (χ2v) is 3.16. The maximum Gasteiger partial charge on any atom is 0.105 e. The monoisotopic (exact) mass is 208 g/mol. The maximum atomic E-state index is 9.68. The number of azide groups is 1. The van der Waals surface area contributed by atoms with Gasteiger partial charge in [0.25, 0.3) is 0 Å². The number of aliphatic hydroxyl groups is 2.